The van der Waals surface area contributed by atoms with Gasteiger partial charge in [0.1, 0.15) is 18.5 Å². The van der Waals surface area contributed by atoms with Crippen molar-refractivity contribution in [3.63, 3.8) is 0 Å². The Balaban J connectivity index is 2.22. The number of carbonyl (C=O) groups is 1. The van der Waals surface area contributed by atoms with E-state index in [2.05, 4.69) is 0 Å². The maximum Gasteiger partial charge on any atom is 0.337 e. The van der Waals surface area contributed by atoms with Gasteiger partial charge in [-0.05, 0) is 26.2 Å². The van der Waals surface area contributed by atoms with Crippen LogP contribution in [0.3, 0.4) is 0 Å². The van der Waals surface area contributed by atoms with Crippen LogP contribution < -0.4 is 0 Å². The summed E-state index contributed by atoms with van der Waals surface area (Å²) in [6.07, 6.45) is 10.4. The second-order valence-corrected chi connectivity index (χ2v) is 6.27. The molecule has 1 heterocycles. The first-order valence-electron chi connectivity index (χ1n) is 8.83. The molecular weight excluding hydrogens is 280 g/mol. The van der Waals surface area contributed by atoms with Gasteiger partial charge in [-0.15, -0.1) is 0 Å². The van der Waals surface area contributed by atoms with Crippen LogP contribution in [0.4, 0.5) is 0 Å². The van der Waals surface area contributed by atoms with E-state index in [1.54, 1.807) is 7.11 Å². The van der Waals surface area contributed by atoms with Crippen LogP contribution in [0.15, 0.2) is 11.3 Å². The van der Waals surface area contributed by atoms with Gasteiger partial charge in [-0.2, -0.15) is 0 Å². The number of ether oxygens (including phenoxy) is 3. The van der Waals surface area contributed by atoms with Crippen molar-refractivity contribution < 1.29 is 19.0 Å². The first-order valence-corrected chi connectivity index (χ1v) is 8.83. The Kier molecular flexibility index (Phi) is 7.23. The third kappa shape index (κ3) is 4.48. The predicted molar refractivity (Wildman–Crippen MR) is 85.5 cm³/mol. The van der Waals surface area contributed by atoms with Crippen molar-refractivity contribution in [3.05, 3.63) is 11.3 Å². The maximum absolute atomic E-state index is 12.4. The van der Waals surface area contributed by atoms with E-state index in [1.807, 2.05) is 6.92 Å². The molecule has 2 aliphatic rings. The molecule has 0 radical (unpaired) electrons. The summed E-state index contributed by atoms with van der Waals surface area (Å²) in [5.74, 6) is 0.867. The molecule has 0 amide bonds. The largest absolute Gasteiger partial charge is 0.494 e. The van der Waals surface area contributed by atoms with Crippen molar-refractivity contribution in [1.29, 1.82) is 0 Å². The second kappa shape index (κ2) is 9.19. The predicted octanol–water partition coefficient (Wildman–Crippen LogP) is 3.99. The van der Waals surface area contributed by atoms with Crippen LogP contribution in [-0.2, 0) is 19.0 Å². The minimum absolute atomic E-state index is 0.0716. The molecule has 0 saturated carbocycles. The molecule has 0 unspecified atom stereocenters. The first-order chi connectivity index (χ1) is 10.8. The average Bonchev–Trinajstić information content (AvgIpc) is 2.90. The molecule has 2 rings (SSSR count). The lowest BCUT2D eigenvalue weighted by molar-refractivity contribution is -0.139. The Hall–Kier alpha value is -1.03. The lowest BCUT2D eigenvalue weighted by Crippen LogP contribution is -2.22. The lowest BCUT2D eigenvalue weighted by atomic mass is 9.90. The fraction of sp³-hybridized carbons (Fsp3) is 0.833. The number of carbonyl (C=O) groups excluding carboxylic acids is 1. The molecule has 1 aliphatic heterocycles. The molecule has 22 heavy (non-hydrogen) atoms. The maximum atomic E-state index is 12.4. The quantitative estimate of drug-likeness (QED) is 0.739. The highest BCUT2D eigenvalue weighted by Gasteiger charge is 2.37. The van der Waals surface area contributed by atoms with Crippen LogP contribution in [0.5, 0.6) is 0 Å². The van der Waals surface area contributed by atoms with Crippen molar-refractivity contribution in [2.45, 2.75) is 70.8 Å². The molecule has 0 spiro atoms. The highest BCUT2D eigenvalue weighted by Crippen LogP contribution is 2.36. The van der Waals surface area contributed by atoms with Gasteiger partial charge in [-0.1, -0.05) is 38.5 Å². The average molecular weight is 310 g/mol. The normalized spacial score (nSPS) is 30.6. The number of methoxy groups -OCH3 is 1. The van der Waals surface area contributed by atoms with Gasteiger partial charge in [0, 0.05) is 13.0 Å². The summed E-state index contributed by atoms with van der Waals surface area (Å²) in [6, 6.07) is 0. The van der Waals surface area contributed by atoms with Crippen molar-refractivity contribution >= 4 is 5.97 Å². The summed E-state index contributed by atoms with van der Waals surface area (Å²) in [5.41, 5.74) is 0.756. The van der Waals surface area contributed by atoms with Gasteiger partial charge in [0.2, 0.25) is 0 Å². The van der Waals surface area contributed by atoms with Crippen LogP contribution in [0.1, 0.15) is 64.7 Å². The lowest BCUT2D eigenvalue weighted by Gasteiger charge is -2.19. The minimum atomic E-state index is -0.198. The number of fused-ring (bicyclic) bond motifs is 1. The smallest absolute Gasteiger partial charge is 0.337 e. The molecular formula is C18H30O4. The third-order valence-corrected chi connectivity index (χ3v) is 4.75. The van der Waals surface area contributed by atoms with Gasteiger partial charge in [0.15, 0.2) is 0 Å². The zero-order valence-electron chi connectivity index (χ0n) is 14.1. The minimum Gasteiger partial charge on any atom is -0.494 e. The van der Waals surface area contributed by atoms with Gasteiger partial charge >= 0.3 is 5.97 Å². The Morgan fingerprint density at radius 2 is 1.82 bits per heavy atom. The number of esters is 1. The number of rotatable bonds is 3. The molecule has 1 aliphatic carbocycles. The molecule has 1 fully saturated rings. The Morgan fingerprint density at radius 3 is 2.50 bits per heavy atom. The summed E-state index contributed by atoms with van der Waals surface area (Å²) < 4.78 is 16.7. The van der Waals surface area contributed by atoms with E-state index in [0.29, 0.717) is 13.2 Å². The zero-order chi connectivity index (χ0) is 15.8. The molecule has 126 valence electrons. The van der Waals surface area contributed by atoms with Crippen molar-refractivity contribution in [1.82, 2.24) is 0 Å². The summed E-state index contributed by atoms with van der Waals surface area (Å²) in [7, 11) is 1.73. The fourth-order valence-corrected chi connectivity index (χ4v) is 3.52. The van der Waals surface area contributed by atoms with Crippen LogP contribution in [0, 0.1) is 5.92 Å². The molecule has 0 aromatic rings. The van der Waals surface area contributed by atoms with E-state index < -0.39 is 0 Å². The molecule has 0 N–H and O–H groups in total. The van der Waals surface area contributed by atoms with E-state index in [1.165, 1.54) is 38.5 Å². The van der Waals surface area contributed by atoms with E-state index in [-0.39, 0.29) is 18.0 Å². The van der Waals surface area contributed by atoms with Crippen LogP contribution >= 0.6 is 0 Å². The van der Waals surface area contributed by atoms with E-state index in [4.69, 9.17) is 14.2 Å². The third-order valence-electron chi connectivity index (χ3n) is 4.75. The molecule has 1 saturated heterocycles. The summed E-state index contributed by atoms with van der Waals surface area (Å²) >= 11 is 0. The standard InChI is InChI=1S/C18H30O4/c1-3-21-18(19)15-12-10-8-6-4-5-7-9-11-14-16(20-2)13-22-17(14)15/h14,16H,3-13H2,1-2H3/b17-15-/t14-,16+/m1/s1. The molecule has 0 aromatic heterocycles. The summed E-state index contributed by atoms with van der Waals surface area (Å²) in [5, 5.41) is 0. The van der Waals surface area contributed by atoms with Gasteiger partial charge in [0.25, 0.3) is 0 Å². The van der Waals surface area contributed by atoms with Crippen LogP contribution in [0.25, 0.3) is 0 Å². The van der Waals surface area contributed by atoms with E-state index in [0.717, 1.165) is 30.6 Å². The van der Waals surface area contributed by atoms with E-state index in [9.17, 15) is 4.79 Å². The second-order valence-electron chi connectivity index (χ2n) is 6.27. The Labute approximate surface area is 134 Å². The Bertz CT molecular complexity index is 389. The molecule has 2 atom stereocenters. The molecule has 0 aromatic carbocycles. The fourth-order valence-electron chi connectivity index (χ4n) is 3.52. The summed E-state index contributed by atoms with van der Waals surface area (Å²) in [4.78, 5) is 12.4. The molecule has 4 heteroatoms. The SMILES string of the molecule is CCOC(=O)/C1=C2\OC[C@H](OC)[C@H]2CCCCCCCCC1. The Morgan fingerprint density at radius 1 is 1.14 bits per heavy atom. The van der Waals surface area contributed by atoms with Gasteiger partial charge in [-0.25, -0.2) is 4.79 Å². The highest BCUT2D eigenvalue weighted by molar-refractivity contribution is 5.89. The number of hydrogen-bond acceptors (Lipinski definition) is 4. The first kappa shape index (κ1) is 17.3. The van der Waals surface area contributed by atoms with Crippen LogP contribution in [0.2, 0.25) is 0 Å². The molecule has 4 nitrogen and oxygen atoms in total. The molecule has 0 bridgehead atoms. The summed E-state index contributed by atoms with van der Waals surface area (Å²) in [6.45, 7) is 2.82. The van der Waals surface area contributed by atoms with Crippen LogP contribution in [-0.4, -0.2) is 32.4 Å². The van der Waals surface area contributed by atoms with Crippen molar-refractivity contribution in [2.75, 3.05) is 20.3 Å². The number of hydrogen-bond donors (Lipinski definition) is 0. The van der Waals surface area contributed by atoms with Gasteiger partial charge < -0.3 is 14.2 Å². The van der Waals surface area contributed by atoms with Gasteiger partial charge in [0.05, 0.1) is 12.2 Å². The van der Waals surface area contributed by atoms with Crippen molar-refractivity contribution in [2.24, 2.45) is 5.92 Å². The van der Waals surface area contributed by atoms with E-state index >= 15 is 0 Å². The van der Waals surface area contributed by atoms with Crippen molar-refractivity contribution in [3.8, 4) is 0 Å². The highest BCUT2D eigenvalue weighted by atomic mass is 16.6. The zero-order valence-corrected chi connectivity index (χ0v) is 14.1. The monoisotopic (exact) mass is 310 g/mol. The topological polar surface area (TPSA) is 44.8 Å². The van der Waals surface area contributed by atoms with Gasteiger partial charge in [-0.3, -0.25) is 0 Å².